The zero-order valence-electron chi connectivity index (χ0n) is 15.8. The van der Waals surface area contributed by atoms with Crippen LogP contribution in [-0.2, 0) is 9.53 Å². The molecule has 1 aromatic carbocycles. The summed E-state index contributed by atoms with van der Waals surface area (Å²) in [5.41, 5.74) is 1.60. The van der Waals surface area contributed by atoms with Gasteiger partial charge in [-0.15, -0.1) is 0 Å². The Morgan fingerprint density at radius 1 is 1.10 bits per heavy atom. The van der Waals surface area contributed by atoms with E-state index in [0.29, 0.717) is 22.9 Å². The van der Waals surface area contributed by atoms with Crippen molar-refractivity contribution in [2.45, 2.75) is 12.5 Å². The molecule has 0 saturated carbocycles. The van der Waals surface area contributed by atoms with Gasteiger partial charge < -0.3 is 9.15 Å². The van der Waals surface area contributed by atoms with Crippen LogP contribution in [0.4, 0.5) is 0 Å². The highest BCUT2D eigenvalue weighted by Crippen LogP contribution is 2.33. The van der Waals surface area contributed by atoms with Crippen molar-refractivity contribution in [1.29, 1.82) is 0 Å². The molecule has 0 unspecified atom stereocenters. The first kappa shape index (κ1) is 21.4. The van der Waals surface area contributed by atoms with Gasteiger partial charge in [0.1, 0.15) is 22.1 Å². The molecule has 3 heterocycles. The third-order valence-electron chi connectivity index (χ3n) is 4.54. The van der Waals surface area contributed by atoms with Gasteiger partial charge >= 0.3 is 5.97 Å². The lowest BCUT2D eigenvalue weighted by Crippen LogP contribution is -2.31. The van der Waals surface area contributed by atoms with E-state index in [-0.39, 0.29) is 15.9 Å². The van der Waals surface area contributed by atoms with E-state index >= 15 is 0 Å². The molecular formula is C21H14Cl3N3O4. The number of pyridine rings is 1. The molecule has 158 valence electrons. The molecule has 0 radical (unpaired) electrons. The van der Waals surface area contributed by atoms with E-state index in [2.05, 4.69) is 10.1 Å². The number of esters is 1. The zero-order valence-corrected chi connectivity index (χ0v) is 18.1. The molecule has 31 heavy (non-hydrogen) atoms. The third kappa shape index (κ3) is 4.90. The number of hydrogen-bond donors (Lipinski definition) is 0. The van der Waals surface area contributed by atoms with Gasteiger partial charge in [0.05, 0.1) is 17.5 Å². The van der Waals surface area contributed by atoms with Crippen LogP contribution in [0.15, 0.2) is 64.3 Å². The van der Waals surface area contributed by atoms with E-state index in [1.165, 1.54) is 23.4 Å². The van der Waals surface area contributed by atoms with Crippen LogP contribution in [0.2, 0.25) is 15.3 Å². The summed E-state index contributed by atoms with van der Waals surface area (Å²) in [7, 11) is 0. The first-order valence-electron chi connectivity index (χ1n) is 9.10. The quantitative estimate of drug-likeness (QED) is 0.373. The Balaban J connectivity index is 1.52. The van der Waals surface area contributed by atoms with E-state index in [1.54, 1.807) is 24.3 Å². The summed E-state index contributed by atoms with van der Waals surface area (Å²) in [6, 6.07) is 12.8. The molecule has 1 amide bonds. The predicted octanol–water partition coefficient (Wildman–Crippen LogP) is 5.17. The number of amides is 1. The SMILES string of the molecule is O=C(OCC(=O)N1N=C(c2ccc(Cl)cc2)C[C@@H]1c1ccco1)c1cc(Cl)nc(Cl)c1. The van der Waals surface area contributed by atoms with Crippen LogP contribution in [0.25, 0.3) is 0 Å². The molecule has 0 bridgehead atoms. The number of carbonyl (C=O) groups is 2. The number of ether oxygens (including phenoxy) is 1. The standard InChI is InChI=1S/C21H14Cl3N3O4/c22-14-5-3-12(4-6-14)15-10-16(17-2-1-7-30-17)27(26-15)20(28)11-31-21(29)13-8-18(23)25-19(24)9-13/h1-9,16H,10-11H2/t16-/m1/s1. The molecule has 3 aromatic rings. The van der Waals surface area contributed by atoms with Crippen molar-refractivity contribution in [2.24, 2.45) is 5.10 Å². The first-order valence-corrected chi connectivity index (χ1v) is 10.2. The van der Waals surface area contributed by atoms with Crippen LogP contribution in [0, 0.1) is 0 Å². The Morgan fingerprint density at radius 3 is 2.45 bits per heavy atom. The maximum Gasteiger partial charge on any atom is 0.338 e. The average molecular weight is 479 g/mol. The number of halogens is 3. The number of carbonyl (C=O) groups excluding carboxylic acids is 2. The average Bonchev–Trinajstić information content (AvgIpc) is 3.41. The van der Waals surface area contributed by atoms with E-state index in [4.69, 9.17) is 44.0 Å². The fourth-order valence-electron chi connectivity index (χ4n) is 3.12. The van der Waals surface area contributed by atoms with Crippen molar-refractivity contribution in [1.82, 2.24) is 9.99 Å². The number of aromatic nitrogens is 1. The molecule has 0 saturated heterocycles. The highest BCUT2D eigenvalue weighted by molar-refractivity contribution is 6.33. The monoisotopic (exact) mass is 477 g/mol. The topological polar surface area (TPSA) is 85.0 Å². The molecule has 0 aliphatic carbocycles. The van der Waals surface area contributed by atoms with Gasteiger partial charge in [0, 0.05) is 11.4 Å². The maximum absolute atomic E-state index is 12.9. The Bertz CT molecular complexity index is 1130. The van der Waals surface area contributed by atoms with Gasteiger partial charge in [-0.1, -0.05) is 46.9 Å². The summed E-state index contributed by atoms with van der Waals surface area (Å²) in [6.07, 6.45) is 1.96. The second kappa shape index (κ2) is 9.09. The number of benzene rings is 1. The second-order valence-corrected chi connectivity index (χ2v) is 7.82. The Morgan fingerprint density at radius 2 is 1.81 bits per heavy atom. The van der Waals surface area contributed by atoms with Gasteiger partial charge in [0.2, 0.25) is 0 Å². The van der Waals surface area contributed by atoms with E-state index in [0.717, 1.165) is 5.56 Å². The largest absolute Gasteiger partial charge is 0.467 e. The smallest absolute Gasteiger partial charge is 0.338 e. The van der Waals surface area contributed by atoms with Crippen LogP contribution in [0.1, 0.15) is 34.1 Å². The molecule has 0 spiro atoms. The second-order valence-electron chi connectivity index (χ2n) is 6.60. The number of rotatable bonds is 5. The van der Waals surface area contributed by atoms with Crippen molar-refractivity contribution in [3.8, 4) is 0 Å². The Kier molecular flexibility index (Phi) is 6.27. The number of hydrazone groups is 1. The maximum atomic E-state index is 12.9. The van der Waals surface area contributed by atoms with Crippen molar-refractivity contribution >= 4 is 52.4 Å². The summed E-state index contributed by atoms with van der Waals surface area (Å²) < 4.78 is 10.6. The summed E-state index contributed by atoms with van der Waals surface area (Å²) in [5.74, 6) is -0.694. The Labute approximate surface area is 192 Å². The molecule has 1 aliphatic rings. The highest BCUT2D eigenvalue weighted by Gasteiger charge is 2.35. The van der Waals surface area contributed by atoms with E-state index in [1.807, 2.05) is 12.1 Å². The van der Waals surface area contributed by atoms with Gasteiger partial charge in [0.15, 0.2) is 6.61 Å². The van der Waals surface area contributed by atoms with Crippen molar-refractivity contribution in [3.05, 3.63) is 87.0 Å². The lowest BCUT2D eigenvalue weighted by Gasteiger charge is -2.19. The molecule has 0 fully saturated rings. The highest BCUT2D eigenvalue weighted by atomic mass is 35.5. The lowest BCUT2D eigenvalue weighted by molar-refractivity contribution is -0.136. The van der Waals surface area contributed by atoms with Crippen molar-refractivity contribution in [2.75, 3.05) is 6.61 Å². The minimum atomic E-state index is -0.754. The molecule has 0 N–H and O–H groups in total. The first-order chi connectivity index (χ1) is 14.9. The van der Waals surface area contributed by atoms with E-state index < -0.39 is 24.5 Å². The van der Waals surface area contributed by atoms with Gasteiger partial charge in [-0.3, -0.25) is 4.79 Å². The van der Waals surface area contributed by atoms with Gasteiger partial charge in [0.25, 0.3) is 5.91 Å². The number of furan rings is 1. The number of nitrogens with zero attached hydrogens (tertiary/aromatic N) is 3. The molecular weight excluding hydrogens is 465 g/mol. The third-order valence-corrected chi connectivity index (χ3v) is 5.18. The molecule has 1 aliphatic heterocycles. The van der Waals surface area contributed by atoms with Gasteiger partial charge in [-0.05, 0) is 42.0 Å². The molecule has 1 atom stereocenters. The summed E-state index contributed by atoms with van der Waals surface area (Å²) in [6.45, 7) is -0.523. The predicted molar refractivity (Wildman–Crippen MR) is 115 cm³/mol. The zero-order chi connectivity index (χ0) is 22.0. The van der Waals surface area contributed by atoms with Crippen LogP contribution < -0.4 is 0 Å². The number of hydrogen-bond acceptors (Lipinski definition) is 6. The molecule has 4 rings (SSSR count). The van der Waals surface area contributed by atoms with Gasteiger partial charge in [-0.25, -0.2) is 14.8 Å². The van der Waals surface area contributed by atoms with Gasteiger partial charge in [-0.2, -0.15) is 5.10 Å². The van der Waals surface area contributed by atoms with Crippen LogP contribution >= 0.6 is 34.8 Å². The fraction of sp³-hybridized carbons (Fsp3) is 0.143. The summed E-state index contributed by atoms with van der Waals surface area (Å²) in [5, 5.41) is 6.41. The van der Waals surface area contributed by atoms with Crippen LogP contribution in [0.3, 0.4) is 0 Å². The lowest BCUT2D eigenvalue weighted by atomic mass is 10.0. The van der Waals surface area contributed by atoms with Crippen molar-refractivity contribution in [3.63, 3.8) is 0 Å². The minimum absolute atomic E-state index is 0.0420. The normalized spacial score (nSPS) is 15.6. The minimum Gasteiger partial charge on any atom is -0.467 e. The summed E-state index contributed by atoms with van der Waals surface area (Å²) >= 11 is 17.6. The Hall–Kier alpha value is -2.87. The fourth-order valence-corrected chi connectivity index (χ4v) is 3.71. The van der Waals surface area contributed by atoms with Crippen LogP contribution in [-0.4, -0.2) is 34.2 Å². The van der Waals surface area contributed by atoms with Crippen molar-refractivity contribution < 1.29 is 18.7 Å². The van der Waals surface area contributed by atoms with E-state index in [9.17, 15) is 9.59 Å². The molecule has 7 nitrogen and oxygen atoms in total. The molecule has 2 aromatic heterocycles. The molecule has 10 heteroatoms. The van der Waals surface area contributed by atoms with Crippen LogP contribution in [0.5, 0.6) is 0 Å². The summed E-state index contributed by atoms with van der Waals surface area (Å²) in [4.78, 5) is 28.9.